The number of hydrogen-bond acceptors (Lipinski definition) is 3. The molecule has 2 amide bonds. The molecule has 0 radical (unpaired) electrons. The van der Waals surface area contributed by atoms with Crippen molar-refractivity contribution in [3.8, 4) is 5.75 Å². The summed E-state index contributed by atoms with van der Waals surface area (Å²) in [6.07, 6.45) is 0.512. The standard InChI is InChI=1S/C21H23ClN2O3/c1-14(2)27-19-9-3-16(4-10-19)21(26)23-12-15-11-20(25)24(13-15)18-7-5-17(22)6-8-18/h3-10,14-15H,11-13H2,1-2H3,(H,23,26). The lowest BCUT2D eigenvalue weighted by molar-refractivity contribution is -0.117. The third kappa shape index (κ3) is 5.01. The zero-order valence-corrected chi connectivity index (χ0v) is 16.2. The molecule has 0 bridgehead atoms. The molecule has 142 valence electrons. The zero-order chi connectivity index (χ0) is 19.4. The molecule has 1 fully saturated rings. The van der Waals surface area contributed by atoms with Crippen LogP contribution in [0.2, 0.25) is 5.02 Å². The molecule has 0 aliphatic carbocycles. The Morgan fingerprint density at radius 1 is 1.19 bits per heavy atom. The highest BCUT2D eigenvalue weighted by Crippen LogP contribution is 2.26. The molecular formula is C21H23ClN2O3. The quantitative estimate of drug-likeness (QED) is 0.818. The van der Waals surface area contributed by atoms with Crippen LogP contribution < -0.4 is 15.0 Å². The van der Waals surface area contributed by atoms with Crippen molar-refractivity contribution in [2.24, 2.45) is 5.92 Å². The van der Waals surface area contributed by atoms with E-state index >= 15 is 0 Å². The largest absolute Gasteiger partial charge is 0.491 e. The molecule has 0 aromatic heterocycles. The highest BCUT2D eigenvalue weighted by Gasteiger charge is 2.30. The molecule has 5 nitrogen and oxygen atoms in total. The molecule has 6 heteroatoms. The topological polar surface area (TPSA) is 58.6 Å². The molecule has 27 heavy (non-hydrogen) atoms. The summed E-state index contributed by atoms with van der Waals surface area (Å²) in [6, 6.07) is 14.3. The number of halogens is 1. The molecule has 1 saturated heterocycles. The first-order chi connectivity index (χ1) is 12.9. The smallest absolute Gasteiger partial charge is 0.251 e. The van der Waals surface area contributed by atoms with Crippen molar-refractivity contribution in [2.75, 3.05) is 18.0 Å². The van der Waals surface area contributed by atoms with E-state index in [2.05, 4.69) is 5.32 Å². The van der Waals surface area contributed by atoms with Crippen LogP contribution in [0, 0.1) is 5.92 Å². The van der Waals surface area contributed by atoms with Gasteiger partial charge in [-0.1, -0.05) is 11.6 Å². The van der Waals surface area contributed by atoms with E-state index in [-0.39, 0.29) is 23.8 Å². The van der Waals surface area contributed by atoms with Crippen molar-refractivity contribution < 1.29 is 14.3 Å². The van der Waals surface area contributed by atoms with Crippen molar-refractivity contribution in [3.05, 3.63) is 59.1 Å². The number of anilines is 1. The van der Waals surface area contributed by atoms with Crippen LogP contribution in [-0.2, 0) is 4.79 Å². The monoisotopic (exact) mass is 386 g/mol. The fourth-order valence-electron chi connectivity index (χ4n) is 3.09. The predicted molar refractivity (Wildman–Crippen MR) is 106 cm³/mol. The van der Waals surface area contributed by atoms with Gasteiger partial charge in [-0.25, -0.2) is 0 Å². The van der Waals surface area contributed by atoms with Gasteiger partial charge in [-0.2, -0.15) is 0 Å². The Morgan fingerprint density at radius 3 is 2.48 bits per heavy atom. The first-order valence-electron chi connectivity index (χ1n) is 9.03. The molecular weight excluding hydrogens is 364 g/mol. The van der Waals surface area contributed by atoms with Crippen molar-refractivity contribution in [2.45, 2.75) is 26.4 Å². The summed E-state index contributed by atoms with van der Waals surface area (Å²) in [4.78, 5) is 26.4. The average Bonchev–Trinajstić information content (AvgIpc) is 3.01. The summed E-state index contributed by atoms with van der Waals surface area (Å²) in [5, 5.41) is 3.56. The van der Waals surface area contributed by atoms with Gasteiger partial charge in [-0.15, -0.1) is 0 Å². The van der Waals surface area contributed by atoms with E-state index in [1.165, 1.54) is 0 Å². The molecule has 2 aromatic carbocycles. The third-order valence-corrected chi connectivity index (χ3v) is 4.63. The van der Waals surface area contributed by atoms with Crippen LogP contribution in [0.3, 0.4) is 0 Å². The SMILES string of the molecule is CC(C)Oc1ccc(C(=O)NCC2CC(=O)N(c3ccc(Cl)cc3)C2)cc1. The molecule has 1 atom stereocenters. The number of hydrogen-bond donors (Lipinski definition) is 1. The van der Waals surface area contributed by atoms with Crippen LogP contribution in [0.4, 0.5) is 5.69 Å². The van der Waals surface area contributed by atoms with Crippen LogP contribution >= 0.6 is 11.6 Å². The van der Waals surface area contributed by atoms with E-state index in [1.807, 2.05) is 26.0 Å². The first-order valence-corrected chi connectivity index (χ1v) is 9.41. The van der Waals surface area contributed by atoms with Gasteiger partial charge in [0.15, 0.2) is 0 Å². The van der Waals surface area contributed by atoms with Crippen molar-refractivity contribution in [1.82, 2.24) is 5.32 Å². The van der Waals surface area contributed by atoms with E-state index in [4.69, 9.17) is 16.3 Å². The summed E-state index contributed by atoms with van der Waals surface area (Å²) < 4.78 is 5.58. The van der Waals surface area contributed by atoms with E-state index < -0.39 is 0 Å². The molecule has 0 saturated carbocycles. The molecule has 0 spiro atoms. The van der Waals surface area contributed by atoms with E-state index in [0.29, 0.717) is 30.1 Å². The van der Waals surface area contributed by atoms with Gasteiger partial charge in [-0.05, 0) is 62.4 Å². The number of carbonyl (C=O) groups excluding carboxylic acids is 2. The fourth-order valence-corrected chi connectivity index (χ4v) is 3.21. The molecule has 1 aliphatic rings. The van der Waals surface area contributed by atoms with E-state index in [9.17, 15) is 9.59 Å². The second kappa shape index (κ2) is 8.44. The number of carbonyl (C=O) groups is 2. The molecule has 1 N–H and O–H groups in total. The first kappa shape index (κ1) is 19.2. The van der Waals surface area contributed by atoms with Crippen LogP contribution in [-0.4, -0.2) is 31.0 Å². The van der Waals surface area contributed by atoms with Gasteiger partial charge in [0.1, 0.15) is 5.75 Å². The summed E-state index contributed by atoms with van der Waals surface area (Å²) in [7, 11) is 0. The van der Waals surface area contributed by atoms with Gasteiger partial charge in [0.05, 0.1) is 6.10 Å². The third-order valence-electron chi connectivity index (χ3n) is 4.38. The molecule has 1 aliphatic heterocycles. The highest BCUT2D eigenvalue weighted by atomic mass is 35.5. The summed E-state index contributed by atoms with van der Waals surface area (Å²) in [5.41, 5.74) is 1.41. The zero-order valence-electron chi connectivity index (χ0n) is 15.4. The maximum atomic E-state index is 12.3. The van der Waals surface area contributed by atoms with E-state index in [0.717, 1.165) is 11.4 Å². The second-order valence-corrected chi connectivity index (χ2v) is 7.39. The number of amides is 2. The van der Waals surface area contributed by atoms with Gasteiger partial charge in [0.2, 0.25) is 5.91 Å². The minimum atomic E-state index is -0.150. The lowest BCUT2D eigenvalue weighted by Gasteiger charge is -2.17. The molecule has 2 aromatic rings. The Morgan fingerprint density at radius 2 is 1.85 bits per heavy atom. The minimum absolute atomic E-state index is 0.0618. The number of benzene rings is 2. The average molecular weight is 387 g/mol. The molecule has 3 rings (SSSR count). The number of ether oxygens (including phenoxy) is 1. The highest BCUT2D eigenvalue weighted by molar-refractivity contribution is 6.30. The lowest BCUT2D eigenvalue weighted by Crippen LogP contribution is -2.31. The van der Waals surface area contributed by atoms with Gasteiger partial charge in [0, 0.05) is 41.7 Å². The van der Waals surface area contributed by atoms with Crippen molar-refractivity contribution >= 4 is 29.1 Å². The Balaban J connectivity index is 1.53. The predicted octanol–water partition coefficient (Wildman–Crippen LogP) is 3.91. The Labute approximate surface area is 164 Å². The Kier molecular flexibility index (Phi) is 6.01. The second-order valence-electron chi connectivity index (χ2n) is 6.95. The maximum absolute atomic E-state index is 12.3. The van der Waals surface area contributed by atoms with Crippen molar-refractivity contribution in [3.63, 3.8) is 0 Å². The van der Waals surface area contributed by atoms with Gasteiger partial charge in [-0.3, -0.25) is 9.59 Å². The fraction of sp³-hybridized carbons (Fsp3) is 0.333. The Hall–Kier alpha value is -2.53. The Bertz CT molecular complexity index is 803. The lowest BCUT2D eigenvalue weighted by atomic mass is 10.1. The summed E-state index contributed by atoms with van der Waals surface area (Å²) >= 11 is 5.90. The maximum Gasteiger partial charge on any atom is 0.251 e. The normalized spacial score (nSPS) is 16.7. The van der Waals surface area contributed by atoms with E-state index in [1.54, 1.807) is 41.3 Å². The summed E-state index contributed by atoms with van der Waals surface area (Å²) in [6.45, 7) is 4.95. The molecule has 1 heterocycles. The van der Waals surface area contributed by atoms with Crippen LogP contribution in [0.5, 0.6) is 5.75 Å². The summed E-state index contributed by atoms with van der Waals surface area (Å²) in [5.74, 6) is 0.734. The van der Waals surface area contributed by atoms with Crippen LogP contribution in [0.1, 0.15) is 30.6 Å². The number of nitrogens with one attached hydrogen (secondary N) is 1. The number of rotatable bonds is 6. The van der Waals surface area contributed by atoms with Crippen LogP contribution in [0.15, 0.2) is 48.5 Å². The number of nitrogens with zero attached hydrogens (tertiary/aromatic N) is 1. The van der Waals surface area contributed by atoms with Crippen molar-refractivity contribution in [1.29, 1.82) is 0 Å². The van der Waals surface area contributed by atoms with Gasteiger partial charge in [0.25, 0.3) is 5.91 Å². The van der Waals surface area contributed by atoms with Crippen LogP contribution in [0.25, 0.3) is 0 Å². The minimum Gasteiger partial charge on any atom is -0.491 e. The van der Waals surface area contributed by atoms with Gasteiger partial charge >= 0.3 is 0 Å². The van der Waals surface area contributed by atoms with Gasteiger partial charge < -0.3 is 15.0 Å². The molecule has 1 unspecified atom stereocenters.